The maximum atomic E-state index is 6.71. The highest BCUT2D eigenvalue weighted by Gasteiger charge is 2.26. The molecule has 0 radical (unpaired) electrons. The Morgan fingerprint density at radius 2 is 0.850 bits per heavy atom. The number of hydrogen-bond acceptors (Lipinski definition) is 2. The Hall–Kier alpha value is -7.94. The fraction of sp³-hybridized carbons (Fsp3) is 0. The molecule has 0 fully saturated rings. The lowest BCUT2D eigenvalue weighted by Crippen LogP contribution is -2.13. The van der Waals surface area contributed by atoms with Crippen LogP contribution in [0.1, 0.15) is 0 Å². The summed E-state index contributed by atoms with van der Waals surface area (Å²) in [4.78, 5) is 2.46. The van der Waals surface area contributed by atoms with Gasteiger partial charge in [-0.3, -0.25) is 0 Å². The third-order valence-electron chi connectivity index (χ3n) is 11.7. The molecule has 0 bridgehead atoms. The van der Waals surface area contributed by atoms with E-state index in [1.807, 2.05) is 6.07 Å². The highest BCUT2D eigenvalue weighted by Crippen LogP contribution is 2.51. The van der Waals surface area contributed by atoms with Gasteiger partial charge in [0.05, 0.1) is 11.4 Å². The average Bonchev–Trinajstić information content (AvgIpc) is 3.71. The summed E-state index contributed by atoms with van der Waals surface area (Å²) >= 11 is 0. The van der Waals surface area contributed by atoms with Gasteiger partial charge in [-0.2, -0.15) is 0 Å². The summed E-state index contributed by atoms with van der Waals surface area (Å²) in [5.74, 6) is 0. The monoisotopic (exact) mass is 765 g/mol. The van der Waals surface area contributed by atoms with E-state index in [0.29, 0.717) is 0 Å². The number of rotatable bonds is 8. The van der Waals surface area contributed by atoms with Crippen molar-refractivity contribution in [3.63, 3.8) is 0 Å². The molecule has 11 rings (SSSR count). The minimum atomic E-state index is 0.878. The lowest BCUT2D eigenvalue weighted by Gasteiger charge is -2.31. The Morgan fingerprint density at radius 1 is 0.300 bits per heavy atom. The molecule has 0 saturated carbocycles. The van der Waals surface area contributed by atoms with Gasteiger partial charge in [-0.1, -0.05) is 200 Å². The number of para-hydroxylation sites is 3. The Balaban J connectivity index is 1.22. The van der Waals surface area contributed by atoms with E-state index >= 15 is 0 Å². The first-order chi connectivity index (χ1) is 29.8. The van der Waals surface area contributed by atoms with Crippen LogP contribution in [0.2, 0.25) is 0 Å². The Bertz CT molecular complexity index is 3330. The highest BCUT2D eigenvalue weighted by molar-refractivity contribution is 6.11. The summed E-state index contributed by atoms with van der Waals surface area (Å²) in [6, 6.07) is 85.0. The smallest absolute Gasteiger partial charge is 0.143 e. The molecule has 2 nitrogen and oxygen atoms in total. The number of nitrogens with zero attached hydrogens (tertiary/aromatic N) is 1. The van der Waals surface area contributed by atoms with E-state index in [2.05, 4.69) is 235 Å². The molecule has 1 heterocycles. The molecule has 282 valence electrons. The van der Waals surface area contributed by atoms with Crippen LogP contribution in [0.4, 0.5) is 17.1 Å². The van der Waals surface area contributed by atoms with Gasteiger partial charge in [0.25, 0.3) is 0 Å². The van der Waals surface area contributed by atoms with E-state index in [1.54, 1.807) is 0 Å². The van der Waals surface area contributed by atoms with Crippen LogP contribution in [0.25, 0.3) is 88.3 Å². The van der Waals surface area contributed by atoms with E-state index < -0.39 is 0 Å². The molecule has 0 aliphatic heterocycles. The maximum Gasteiger partial charge on any atom is 0.143 e. The predicted octanol–water partition coefficient (Wildman–Crippen LogP) is 16.5. The molecule has 60 heavy (non-hydrogen) atoms. The zero-order valence-corrected chi connectivity index (χ0v) is 32.9. The van der Waals surface area contributed by atoms with Gasteiger partial charge in [0.1, 0.15) is 11.2 Å². The molecular formula is C58H39NO. The zero-order chi connectivity index (χ0) is 39.8. The van der Waals surface area contributed by atoms with Crippen molar-refractivity contribution in [2.24, 2.45) is 0 Å². The molecule has 1 aromatic heterocycles. The van der Waals surface area contributed by atoms with Crippen molar-refractivity contribution in [3.8, 4) is 55.6 Å². The summed E-state index contributed by atoms with van der Waals surface area (Å²) in [7, 11) is 0. The van der Waals surface area contributed by atoms with Crippen molar-refractivity contribution in [1.82, 2.24) is 0 Å². The normalized spacial score (nSPS) is 11.3. The summed E-state index contributed by atoms with van der Waals surface area (Å²) in [5, 5.41) is 4.66. The van der Waals surface area contributed by atoms with Gasteiger partial charge in [-0.15, -0.1) is 0 Å². The second kappa shape index (κ2) is 15.1. The molecule has 0 aliphatic carbocycles. The van der Waals surface area contributed by atoms with Crippen molar-refractivity contribution >= 4 is 49.8 Å². The van der Waals surface area contributed by atoms with Crippen LogP contribution in [0.3, 0.4) is 0 Å². The van der Waals surface area contributed by atoms with Crippen LogP contribution in [0.15, 0.2) is 241 Å². The molecule has 0 aliphatic rings. The second-order valence-electron chi connectivity index (χ2n) is 15.2. The van der Waals surface area contributed by atoms with Crippen molar-refractivity contribution in [2.75, 3.05) is 4.90 Å². The molecule has 0 amide bonds. The van der Waals surface area contributed by atoms with Crippen molar-refractivity contribution in [2.45, 2.75) is 0 Å². The van der Waals surface area contributed by atoms with Crippen molar-refractivity contribution in [3.05, 3.63) is 237 Å². The van der Waals surface area contributed by atoms with Gasteiger partial charge >= 0.3 is 0 Å². The molecule has 10 aromatic carbocycles. The number of anilines is 3. The Kier molecular flexibility index (Phi) is 8.87. The minimum Gasteiger partial charge on any atom is -0.455 e. The lowest BCUT2D eigenvalue weighted by atomic mass is 9.87. The van der Waals surface area contributed by atoms with E-state index in [9.17, 15) is 0 Å². The van der Waals surface area contributed by atoms with Crippen molar-refractivity contribution in [1.29, 1.82) is 0 Å². The van der Waals surface area contributed by atoms with E-state index in [1.165, 1.54) is 27.5 Å². The van der Waals surface area contributed by atoms with Gasteiger partial charge in [-0.25, -0.2) is 0 Å². The topological polar surface area (TPSA) is 16.4 Å². The first kappa shape index (κ1) is 35.2. The van der Waals surface area contributed by atoms with Crippen molar-refractivity contribution < 1.29 is 4.42 Å². The Labute approximate surface area is 349 Å². The van der Waals surface area contributed by atoms with E-state index in [4.69, 9.17) is 4.42 Å². The van der Waals surface area contributed by atoms with Gasteiger partial charge in [0.15, 0.2) is 0 Å². The van der Waals surface area contributed by atoms with Crippen LogP contribution in [-0.2, 0) is 0 Å². The van der Waals surface area contributed by atoms with Gasteiger partial charge in [-0.05, 0) is 86.1 Å². The molecule has 11 aromatic rings. The lowest BCUT2D eigenvalue weighted by molar-refractivity contribution is 0.670. The standard InChI is InChI=1S/C58H39NO/c1-3-19-41(20-4-1)47-26-9-10-29-51(47)57-48(42-21-5-2-6-22-42)30-17-34-55(57)59(46-25-15-24-44(39-46)45-37-36-40-18-7-8-23-43(40)38-45)54-33-13-11-27-49(54)52-31-16-32-53-50-28-12-14-35-56(50)60-58(52)53/h1-39H. The molecule has 0 spiro atoms. The summed E-state index contributed by atoms with van der Waals surface area (Å²) in [5.41, 5.74) is 16.3. The van der Waals surface area contributed by atoms with E-state index in [0.717, 1.165) is 77.9 Å². The van der Waals surface area contributed by atoms with Gasteiger partial charge in [0.2, 0.25) is 0 Å². The number of benzene rings is 10. The molecule has 0 atom stereocenters. The first-order valence-electron chi connectivity index (χ1n) is 20.5. The molecule has 0 unspecified atom stereocenters. The third kappa shape index (κ3) is 6.23. The zero-order valence-electron chi connectivity index (χ0n) is 32.9. The second-order valence-corrected chi connectivity index (χ2v) is 15.2. The van der Waals surface area contributed by atoms with E-state index in [-0.39, 0.29) is 0 Å². The molecule has 2 heteroatoms. The first-order valence-corrected chi connectivity index (χ1v) is 20.5. The quantitative estimate of drug-likeness (QED) is 0.153. The van der Waals surface area contributed by atoms with Gasteiger partial charge in [0, 0.05) is 33.2 Å². The van der Waals surface area contributed by atoms with Gasteiger partial charge < -0.3 is 9.32 Å². The Morgan fingerprint density at radius 3 is 1.68 bits per heavy atom. The molecule has 0 saturated heterocycles. The number of hydrogen-bond donors (Lipinski definition) is 0. The number of furan rings is 1. The fourth-order valence-corrected chi connectivity index (χ4v) is 8.90. The largest absolute Gasteiger partial charge is 0.455 e. The molecular weight excluding hydrogens is 727 g/mol. The number of fused-ring (bicyclic) bond motifs is 4. The van der Waals surface area contributed by atoms with Crippen LogP contribution in [0.5, 0.6) is 0 Å². The highest BCUT2D eigenvalue weighted by atomic mass is 16.3. The SMILES string of the molecule is c1ccc(-c2ccccc2-c2c(-c3ccccc3)cccc2N(c2cccc(-c3ccc4ccccc4c3)c2)c2ccccc2-c2cccc3c2oc2ccccc23)cc1. The predicted molar refractivity (Wildman–Crippen MR) is 253 cm³/mol. The fourth-order valence-electron chi connectivity index (χ4n) is 8.90. The average molecular weight is 766 g/mol. The van der Waals surface area contributed by atoms with Crippen LogP contribution in [0, 0.1) is 0 Å². The summed E-state index contributed by atoms with van der Waals surface area (Å²) in [6.07, 6.45) is 0. The summed E-state index contributed by atoms with van der Waals surface area (Å²) < 4.78 is 6.71. The van der Waals surface area contributed by atoms with Crippen LogP contribution >= 0.6 is 0 Å². The summed E-state index contributed by atoms with van der Waals surface area (Å²) in [6.45, 7) is 0. The minimum absolute atomic E-state index is 0.878. The molecule has 0 N–H and O–H groups in total. The maximum absolute atomic E-state index is 6.71. The van der Waals surface area contributed by atoms with Crippen LogP contribution in [-0.4, -0.2) is 0 Å². The van der Waals surface area contributed by atoms with Crippen LogP contribution < -0.4 is 4.90 Å². The third-order valence-corrected chi connectivity index (χ3v) is 11.7.